The van der Waals surface area contributed by atoms with Gasteiger partial charge < -0.3 is 4.74 Å². The summed E-state index contributed by atoms with van der Waals surface area (Å²) >= 11 is 3.11. The Morgan fingerprint density at radius 1 is 0.944 bits per heavy atom. The molecule has 18 heavy (non-hydrogen) atoms. The molecule has 1 nitrogen and oxygen atoms in total. The van der Waals surface area contributed by atoms with Crippen molar-refractivity contribution in [1.29, 1.82) is 0 Å². The van der Waals surface area contributed by atoms with Gasteiger partial charge in [-0.1, -0.05) is 15.9 Å². The lowest BCUT2D eigenvalue weighted by Crippen LogP contribution is -1.99. The van der Waals surface area contributed by atoms with Crippen LogP contribution in [-0.2, 0) is 6.61 Å². The van der Waals surface area contributed by atoms with Crippen LogP contribution in [0.5, 0.6) is 5.75 Å². The van der Waals surface area contributed by atoms with Crippen molar-refractivity contribution >= 4 is 15.9 Å². The molecule has 2 aromatic carbocycles. The summed E-state index contributed by atoms with van der Waals surface area (Å²) in [6.07, 6.45) is 0. The van der Waals surface area contributed by atoms with Gasteiger partial charge in [0.1, 0.15) is 29.8 Å². The minimum absolute atomic E-state index is 0.0791. The van der Waals surface area contributed by atoms with Gasteiger partial charge in [0.25, 0.3) is 0 Å². The summed E-state index contributed by atoms with van der Waals surface area (Å²) in [5.41, 5.74) is 0.0791. The maximum absolute atomic E-state index is 13.3. The van der Waals surface area contributed by atoms with Gasteiger partial charge in [0.05, 0.1) is 0 Å². The largest absolute Gasteiger partial charge is 0.489 e. The first-order chi connectivity index (χ1) is 8.54. The van der Waals surface area contributed by atoms with Crippen LogP contribution in [-0.4, -0.2) is 0 Å². The molecule has 0 aliphatic rings. The van der Waals surface area contributed by atoms with E-state index >= 15 is 0 Å². The van der Waals surface area contributed by atoms with Crippen LogP contribution >= 0.6 is 15.9 Å². The number of hydrogen-bond donors (Lipinski definition) is 0. The van der Waals surface area contributed by atoms with Crippen LogP contribution in [0.2, 0.25) is 0 Å². The highest BCUT2D eigenvalue weighted by atomic mass is 79.9. The second-order valence-corrected chi connectivity index (χ2v) is 4.55. The van der Waals surface area contributed by atoms with Crippen LogP contribution in [0.1, 0.15) is 5.56 Å². The molecule has 0 N–H and O–H groups in total. The first-order valence-electron chi connectivity index (χ1n) is 5.07. The summed E-state index contributed by atoms with van der Waals surface area (Å²) < 4.78 is 45.0. The van der Waals surface area contributed by atoms with Gasteiger partial charge in [-0.15, -0.1) is 0 Å². The molecule has 0 bridgehead atoms. The van der Waals surface area contributed by atoms with Crippen LogP contribution in [0.15, 0.2) is 40.9 Å². The molecule has 94 valence electrons. The third-order valence-corrected chi connectivity index (χ3v) is 2.70. The van der Waals surface area contributed by atoms with E-state index in [0.29, 0.717) is 4.47 Å². The van der Waals surface area contributed by atoms with E-state index in [1.165, 1.54) is 12.1 Å². The molecule has 0 unspecified atom stereocenters. The number of ether oxygens (including phenoxy) is 1. The monoisotopic (exact) mass is 316 g/mol. The first-order valence-corrected chi connectivity index (χ1v) is 5.87. The Bertz CT molecular complexity index is 552. The summed E-state index contributed by atoms with van der Waals surface area (Å²) in [6.45, 7) is -0.167. The molecule has 0 saturated heterocycles. The molecular weight excluding hydrogens is 309 g/mol. The van der Waals surface area contributed by atoms with Crippen molar-refractivity contribution in [2.45, 2.75) is 6.61 Å². The van der Waals surface area contributed by atoms with Crippen molar-refractivity contribution in [3.63, 3.8) is 0 Å². The standard InChI is InChI=1S/C13H8BrF3O/c14-9-4-11(16)6-12(5-9)18-7-8-3-10(15)1-2-13(8)17/h1-6H,7H2. The molecule has 0 aromatic heterocycles. The Hall–Kier alpha value is -1.49. The smallest absolute Gasteiger partial charge is 0.130 e. The molecule has 2 aromatic rings. The van der Waals surface area contributed by atoms with E-state index in [9.17, 15) is 13.2 Å². The molecule has 2 rings (SSSR count). The molecule has 0 saturated carbocycles. The first kappa shape index (κ1) is 13.0. The van der Waals surface area contributed by atoms with Crippen molar-refractivity contribution in [2.75, 3.05) is 0 Å². The number of rotatable bonds is 3. The summed E-state index contributed by atoms with van der Waals surface area (Å²) in [7, 11) is 0. The quantitative estimate of drug-likeness (QED) is 0.813. The molecule has 5 heteroatoms. The molecular formula is C13H8BrF3O. The second kappa shape index (κ2) is 5.44. The molecule has 0 radical (unpaired) electrons. The number of hydrogen-bond acceptors (Lipinski definition) is 1. The Kier molecular flexibility index (Phi) is 3.91. The zero-order chi connectivity index (χ0) is 13.1. The minimum atomic E-state index is -0.563. The van der Waals surface area contributed by atoms with E-state index in [0.717, 1.165) is 18.2 Å². The zero-order valence-corrected chi connectivity index (χ0v) is 10.7. The van der Waals surface area contributed by atoms with Gasteiger partial charge in [0.15, 0.2) is 0 Å². The van der Waals surface area contributed by atoms with Crippen molar-refractivity contribution in [3.05, 3.63) is 63.9 Å². The highest BCUT2D eigenvalue weighted by Crippen LogP contribution is 2.22. The molecule has 0 amide bonds. The van der Waals surface area contributed by atoms with Crippen molar-refractivity contribution in [2.24, 2.45) is 0 Å². The molecule has 0 fully saturated rings. The van der Waals surface area contributed by atoms with E-state index in [1.54, 1.807) is 6.07 Å². The van der Waals surface area contributed by atoms with E-state index in [1.807, 2.05) is 0 Å². The maximum atomic E-state index is 13.3. The minimum Gasteiger partial charge on any atom is -0.489 e. The Balaban J connectivity index is 2.13. The Labute approximate surface area is 110 Å². The van der Waals surface area contributed by atoms with E-state index < -0.39 is 17.5 Å². The molecule has 0 aliphatic heterocycles. The van der Waals surface area contributed by atoms with Gasteiger partial charge in [-0.2, -0.15) is 0 Å². The average molecular weight is 317 g/mol. The summed E-state index contributed by atoms with van der Waals surface area (Å²) in [4.78, 5) is 0. The van der Waals surface area contributed by atoms with Crippen molar-refractivity contribution in [1.82, 2.24) is 0 Å². The number of benzene rings is 2. The Morgan fingerprint density at radius 2 is 1.72 bits per heavy atom. The zero-order valence-electron chi connectivity index (χ0n) is 9.09. The van der Waals surface area contributed by atoms with Crippen LogP contribution < -0.4 is 4.74 Å². The topological polar surface area (TPSA) is 9.23 Å². The number of halogens is 4. The summed E-state index contributed by atoms with van der Waals surface area (Å²) in [5, 5.41) is 0. The molecule has 0 atom stereocenters. The fourth-order valence-corrected chi connectivity index (χ4v) is 1.87. The van der Waals surface area contributed by atoms with E-state index in [4.69, 9.17) is 4.74 Å². The van der Waals surface area contributed by atoms with Gasteiger partial charge in [-0.3, -0.25) is 0 Å². The Morgan fingerprint density at radius 3 is 2.44 bits per heavy atom. The van der Waals surface area contributed by atoms with Gasteiger partial charge in [0, 0.05) is 16.1 Å². The van der Waals surface area contributed by atoms with E-state index in [2.05, 4.69) is 15.9 Å². The second-order valence-electron chi connectivity index (χ2n) is 3.63. The lowest BCUT2D eigenvalue weighted by Gasteiger charge is -2.08. The van der Waals surface area contributed by atoms with Crippen molar-refractivity contribution < 1.29 is 17.9 Å². The van der Waals surface area contributed by atoms with E-state index in [-0.39, 0.29) is 17.9 Å². The van der Waals surface area contributed by atoms with Crippen LogP contribution in [0.25, 0.3) is 0 Å². The predicted octanol–water partition coefficient (Wildman–Crippen LogP) is 4.45. The predicted molar refractivity (Wildman–Crippen MR) is 64.8 cm³/mol. The highest BCUT2D eigenvalue weighted by molar-refractivity contribution is 9.10. The third-order valence-electron chi connectivity index (χ3n) is 2.24. The van der Waals surface area contributed by atoms with Crippen LogP contribution in [0.4, 0.5) is 13.2 Å². The van der Waals surface area contributed by atoms with Crippen molar-refractivity contribution in [3.8, 4) is 5.75 Å². The normalized spacial score (nSPS) is 10.4. The molecule has 0 heterocycles. The summed E-state index contributed by atoms with van der Waals surface area (Å²) in [5.74, 6) is -1.34. The SMILES string of the molecule is Fc1cc(Br)cc(OCc2cc(F)ccc2F)c1. The van der Waals surface area contributed by atoms with Crippen LogP contribution in [0, 0.1) is 17.5 Å². The third kappa shape index (κ3) is 3.26. The molecule has 0 spiro atoms. The lowest BCUT2D eigenvalue weighted by molar-refractivity contribution is 0.297. The average Bonchev–Trinajstić information content (AvgIpc) is 2.29. The fourth-order valence-electron chi connectivity index (χ4n) is 1.43. The van der Waals surface area contributed by atoms with Gasteiger partial charge in [-0.05, 0) is 30.3 Å². The van der Waals surface area contributed by atoms with Crippen LogP contribution in [0.3, 0.4) is 0 Å². The van der Waals surface area contributed by atoms with Gasteiger partial charge >= 0.3 is 0 Å². The fraction of sp³-hybridized carbons (Fsp3) is 0.0769. The molecule has 0 aliphatic carbocycles. The highest BCUT2D eigenvalue weighted by Gasteiger charge is 2.06. The summed E-state index contributed by atoms with van der Waals surface area (Å²) in [6, 6.07) is 7.08. The van der Waals surface area contributed by atoms with Gasteiger partial charge in [-0.25, -0.2) is 13.2 Å². The lowest BCUT2D eigenvalue weighted by atomic mass is 10.2. The van der Waals surface area contributed by atoms with Gasteiger partial charge in [0.2, 0.25) is 0 Å². The maximum Gasteiger partial charge on any atom is 0.130 e.